The second-order valence-corrected chi connectivity index (χ2v) is 6.79. The number of rotatable bonds is 5. The van der Waals surface area contributed by atoms with Crippen molar-refractivity contribution in [1.29, 1.82) is 0 Å². The van der Waals surface area contributed by atoms with Crippen LogP contribution in [0.2, 0.25) is 0 Å². The van der Waals surface area contributed by atoms with Gasteiger partial charge in [0.2, 0.25) is 11.8 Å². The fourth-order valence-corrected chi connectivity index (χ4v) is 3.89. The topological polar surface area (TPSA) is 81.2 Å². The van der Waals surface area contributed by atoms with Gasteiger partial charge in [0.1, 0.15) is 6.04 Å². The predicted molar refractivity (Wildman–Crippen MR) is 99.3 cm³/mol. The molecule has 0 radical (unpaired) electrons. The van der Waals surface area contributed by atoms with Crippen molar-refractivity contribution in [2.24, 2.45) is 12.8 Å². The van der Waals surface area contributed by atoms with E-state index in [1.807, 2.05) is 42.9 Å². The van der Waals surface area contributed by atoms with Crippen LogP contribution < -0.4 is 5.73 Å². The monoisotopic (exact) mass is 354 g/mol. The van der Waals surface area contributed by atoms with Crippen molar-refractivity contribution in [2.45, 2.75) is 52.1 Å². The third kappa shape index (κ3) is 3.23. The summed E-state index contributed by atoms with van der Waals surface area (Å²) in [5.41, 5.74) is 10.8. The van der Waals surface area contributed by atoms with Crippen molar-refractivity contribution in [1.82, 2.24) is 14.7 Å². The first-order chi connectivity index (χ1) is 12.5. The predicted octanol–water partition coefficient (Wildman–Crippen LogP) is 1.53. The summed E-state index contributed by atoms with van der Waals surface area (Å²) in [5, 5.41) is 4.54. The summed E-state index contributed by atoms with van der Waals surface area (Å²) >= 11 is 0. The van der Waals surface area contributed by atoms with Crippen LogP contribution in [0, 0.1) is 0 Å². The first kappa shape index (κ1) is 18.2. The molecule has 0 saturated carbocycles. The third-order valence-electron chi connectivity index (χ3n) is 5.25. The Morgan fingerprint density at radius 3 is 2.50 bits per heavy atom. The number of benzene rings is 1. The van der Waals surface area contributed by atoms with Crippen LogP contribution in [0.3, 0.4) is 0 Å². The van der Waals surface area contributed by atoms with E-state index in [2.05, 4.69) is 12.0 Å². The molecule has 0 fully saturated rings. The van der Waals surface area contributed by atoms with E-state index in [1.54, 1.807) is 4.90 Å². The number of fused-ring (bicyclic) bond motifs is 1. The number of hydrogen-bond acceptors (Lipinski definition) is 3. The smallest absolute Gasteiger partial charge is 0.240 e. The Hall–Kier alpha value is -2.63. The number of amides is 2. The third-order valence-corrected chi connectivity index (χ3v) is 5.25. The molecule has 2 heterocycles. The van der Waals surface area contributed by atoms with Gasteiger partial charge in [-0.15, -0.1) is 0 Å². The van der Waals surface area contributed by atoms with Crippen molar-refractivity contribution in [3.05, 3.63) is 52.3 Å². The van der Waals surface area contributed by atoms with Gasteiger partial charge in [0.25, 0.3) is 0 Å². The second kappa shape index (κ2) is 7.32. The summed E-state index contributed by atoms with van der Waals surface area (Å²) in [6, 6.07) is 7.32. The van der Waals surface area contributed by atoms with E-state index in [4.69, 9.17) is 5.73 Å². The molecule has 138 valence electrons. The van der Waals surface area contributed by atoms with Crippen molar-refractivity contribution < 1.29 is 9.59 Å². The van der Waals surface area contributed by atoms with Gasteiger partial charge < -0.3 is 10.6 Å². The van der Waals surface area contributed by atoms with Crippen molar-refractivity contribution >= 4 is 11.8 Å². The first-order valence-electron chi connectivity index (χ1n) is 9.15. The Kier molecular flexibility index (Phi) is 5.11. The van der Waals surface area contributed by atoms with Crippen LogP contribution in [-0.2, 0) is 48.9 Å². The molecular formula is C20H26N4O2. The molecule has 1 atom stereocenters. The van der Waals surface area contributed by atoms with E-state index in [1.165, 1.54) is 0 Å². The van der Waals surface area contributed by atoms with Crippen LogP contribution in [-0.4, -0.2) is 32.5 Å². The van der Waals surface area contributed by atoms with Crippen LogP contribution >= 0.6 is 0 Å². The largest absolute Gasteiger partial charge is 0.368 e. The second-order valence-electron chi connectivity index (χ2n) is 6.79. The van der Waals surface area contributed by atoms with Crippen LogP contribution in [0.4, 0.5) is 0 Å². The number of aromatic nitrogens is 2. The van der Waals surface area contributed by atoms with E-state index in [9.17, 15) is 9.59 Å². The molecule has 1 aromatic heterocycles. The lowest BCUT2D eigenvalue weighted by Gasteiger charge is -2.35. The molecule has 6 heteroatoms. The normalized spacial score (nSPS) is 16.4. The molecule has 0 unspecified atom stereocenters. The molecule has 1 aliphatic rings. The molecule has 0 spiro atoms. The highest BCUT2D eigenvalue weighted by Crippen LogP contribution is 2.25. The zero-order valence-electron chi connectivity index (χ0n) is 15.7. The van der Waals surface area contributed by atoms with Gasteiger partial charge in [-0.2, -0.15) is 5.10 Å². The first-order valence-corrected chi connectivity index (χ1v) is 9.15. The molecule has 0 aliphatic carbocycles. The van der Waals surface area contributed by atoms with Crippen LogP contribution in [0.1, 0.15) is 41.9 Å². The van der Waals surface area contributed by atoms with Crippen LogP contribution in [0.5, 0.6) is 0 Å². The van der Waals surface area contributed by atoms with Gasteiger partial charge in [0, 0.05) is 31.3 Å². The molecular weight excluding hydrogens is 328 g/mol. The molecule has 26 heavy (non-hydrogen) atoms. The van der Waals surface area contributed by atoms with Gasteiger partial charge >= 0.3 is 0 Å². The Bertz CT molecular complexity index is 840. The van der Waals surface area contributed by atoms with Crippen molar-refractivity contribution in [2.75, 3.05) is 0 Å². The van der Waals surface area contributed by atoms with E-state index in [0.717, 1.165) is 40.9 Å². The summed E-state index contributed by atoms with van der Waals surface area (Å²) in [6.07, 6.45) is 2.32. The summed E-state index contributed by atoms with van der Waals surface area (Å²) < 4.78 is 1.86. The van der Waals surface area contributed by atoms with Gasteiger partial charge in [0.15, 0.2) is 0 Å². The van der Waals surface area contributed by atoms with E-state index in [-0.39, 0.29) is 12.3 Å². The van der Waals surface area contributed by atoms with Crippen LogP contribution in [0.15, 0.2) is 24.3 Å². The number of hydrogen-bond donors (Lipinski definition) is 1. The maximum Gasteiger partial charge on any atom is 0.240 e. The lowest BCUT2D eigenvalue weighted by Crippen LogP contribution is -2.51. The van der Waals surface area contributed by atoms with Crippen molar-refractivity contribution in [3.63, 3.8) is 0 Å². The molecule has 2 N–H and O–H groups in total. The Morgan fingerprint density at radius 2 is 1.88 bits per heavy atom. The van der Waals surface area contributed by atoms with Gasteiger partial charge in [-0.3, -0.25) is 14.3 Å². The molecule has 2 aromatic rings. The number of primary amides is 1. The fourth-order valence-electron chi connectivity index (χ4n) is 3.89. The quantitative estimate of drug-likeness (QED) is 0.884. The fraction of sp³-hybridized carbons (Fsp3) is 0.450. The maximum absolute atomic E-state index is 13.1. The number of nitrogens with two attached hydrogens (primary N) is 1. The molecule has 0 bridgehead atoms. The summed E-state index contributed by atoms with van der Waals surface area (Å²) in [7, 11) is 1.91. The molecule has 3 rings (SSSR count). The number of carbonyl (C=O) groups is 2. The number of carbonyl (C=O) groups excluding carboxylic acids is 2. The number of aryl methyl sites for hydroxylation is 2. The zero-order valence-corrected chi connectivity index (χ0v) is 15.7. The van der Waals surface area contributed by atoms with Gasteiger partial charge in [0.05, 0.1) is 12.1 Å². The Labute approximate surface area is 154 Å². The summed E-state index contributed by atoms with van der Waals surface area (Å²) in [5.74, 6) is -0.522. The highest BCUT2D eigenvalue weighted by Gasteiger charge is 2.34. The maximum atomic E-state index is 13.1. The van der Waals surface area contributed by atoms with E-state index < -0.39 is 11.9 Å². The minimum Gasteiger partial charge on any atom is -0.368 e. The van der Waals surface area contributed by atoms with Gasteiger partial charge in [-0.25, -0.2) is 0 Å². The lowest BCUT2D eigenvalue weighted by atomic mass is 9.92. The van der Waals surface area contributed by atoms with Crippen molar-refractivity contribution in [3.8, 4) is 0 Å². The SMILES string of the molecule is CCc1nn(C)c(CC)c1CC(=O)N1Cc2ccccc2C[C@H]1C(N)=O. The highest BCUT2D eigenvalue weighted by molar-refractivity contribution is 5.88. The Morgan fingerprint density at radius 1 is 1.19 bits per heavy atom. The molecule has 0 saturated heterocycles. The lowest BCUT2D eigenvalue weighted by molar-refractivity contribution is -0.140. The van der Waals surface area contributed by atoms with E-state index >= 15 is 0 Å². The minimum absolute atomic E-state index is 0.0688. The highest BCUT2D eigenvalue weighted by atomic mass is 16.2. The average molecular weight is 354 g/mol. The molecule has 1 aliphatic heterocycles. The van der Waals surface area contributed by atoms with Gasteiger partial charge in [-0.1, -0.05) is 38.1 Å². The van der Waals surface area contributed by atoms with Gasteiger partial charge in [-0.05, 0) is 24.0 Å². The average Bonchev–Trinajstić information content (AvgIpc) is 2.94. The summed E-state index contributed by atoms with van der Waals surface area (Å²) in [4.78, 5) is 26.7. The number of nitrogens with zero attached hydrogens (tertiary/aromatic N) is 3. The molecule has 6 nitrogen and oxygen atoms in total. The minimum atomic E-state index is -0.593. The molecule has 1 aromatic carbocycles. The zero-order chi connectivity index (χ0) is 18.8. The summed E-state index contributed by atoms with van der Waals surface area (Å²) in [6.45, 7) is 4.53. The Balaban J connectivity index is 1.90. The molecule has 2 amide bonds. The van der Waals surface area contributed by atoms with Crippen LogP contribution in [0.25, 0.3) is 0 Å². The standard InChI is InChI=1S/C20H26N4O2/c1-4-16-15(17(5-2)23(3)22-16)11-19(25)24-12-14-9-7-6-8-13(14)10-18(24)20(21)26/h6-9,18H,4-5,10-12H2,1-3H3,(H2,21,26)/t18-/m0/s1. The van der Waals surface area contributed by atoms with E-state index in [0.29, 0.717) is 13.0 Å².